The lowest BCUT2D eigenvalue weighted by Crippen LogP contribution is -2.43. The molecule has 210 valence electrons. The minimum atomic E-state index is -0.669. The fraction of sp³-hybridized carbons (Fsp3) is 0.400. The Kier molecular flexibility index (Phi) is 8.52. The van der Waals surface area contributed by atoms with Crippen molar-refractivity contribution in [2.24, 2.45) is 5.92 Å². The minimum absolute atomic E-state index is 0.0875. The van der Waals surface area contributed by atoms with Crippen molar-refractivity contribution in [3.8, 4) is 0 Å². The number of halogens is 2. The number of amides is 2. The quantitative estimate of drug-likeness (QED) is 0.457. The molecule has 2 aliphatic heterocycles. The maximum absolute atomic E-state index is 15.0. The molecule has 0 bridgehead atoms. The summed E-state index contributed by atoms with van der Waals surface area (Å²) in [4.78, 5) is 32.2. The SMILES string of the molecule is COC(=O)N1CCN(C(=O)C2CN(c3cccnn3)CC2c2ccc(F)cc2F)CCC1CCc1ccccc1. The number of benzene rings is 2. The summed E-state index contributed by atoms with van der Waals surface area (Å²) in [5.74, 6) is -1.92. The molecule has 3 atom stereocenters. The molecule has 0 N–H and O–H groups in total. The molecule has 0 saturated carbocycles. The Morgan fingerprint density at radius 1 is 1.00 bits per heavy atom. The first-order valence-corrected chi connectivity index (χ1v) is 13.6. The highest BCUT2D eigenvalue weighted by Crippen LogP contribution is 2.37. The summed E-state index contributed by atoms with van der Waals surface area (Å²) in [5.41, 5.74) is 1.49. The topological polar surface area (TPSA) is 78.9 Å². The van der Waals surface area contributed by atoms with Crippen molar-refractivity contribution in [3.63, 3.8) is 0 Å². The number of nitrogens with zero attached hydrogens (tertiary/aromatic N) is 5. The van der Waals surface area contributed by atoms with Gasteiger partial charge in [-0.1, -0.05) is 36.4 Å². The standard InChI is InChI=1S/C30H33F2N5O3/c1-40-30(39)37-17-16-35(15-13-23(37)11-9-21-6-3-2-4-7-21)29(38)26-20-36(28-8-5-14-33-34-28)19-25(26)24-12-10-22(31)18-27(24)32/h2-8,10,12,14,18,23,25-26H,9,11,13,15-17,19-20H2,1H3. The van der Waals surface area contributed by atoms with Crippen LogP contribution in [0.3, 0.4) is 0 Å². The number of aryl methyl sites for hydroxylation is 1. The van der Waals surface area contributed by atoms with Gasteiger partial charge in [0.15, 0.2) is 5.82 Å². The molecule has 3 aromatic rings. The van der Waals surface area contributed by atoms with Gasteiger partial charge in [0.05, 0.1) is 13.0 Å². The van der Waals surface area contributed by atoms with Crippen LogP contribution in [-0.4, -0.2) is 77.9 Å². The van der Waals surface area contributed by atoms with E-state index < -0.39 is 29.6 Å². The molecule has 5 rings (SSSR count). The van der Waals surface area contributed by atoms with Gasteiger partial charge in [-0.15, -0.1) is 5.10 Å². The van der Waals surface area contributed by atoms with E-state index in [0.29, 0.717) is 50.5 Å². The van der Waals surface area contributed by atoms with Crippen molar-refractivity contribution >= 4 is 17.8 Å². The highest BCUT2D eigenvalue weighted by atomic mass is 19.1. The van der Waals surface area contributed by atoms with Gasteiger partial charge in [0, 0.05) is 56.9 Å². The van der Waals surface area contributed by atoms with Crippen LogP contribution in [0.5, 0.6) is 0 Å². The number of methoxy groups -OCH3 is 1. The van der Waals surface area contributed by atoms with E-state index in [4.69, 9.17) is 4.74 Å². The van der Waals surface area contributed by atoms with E-state index in [9.17, 15) is 18.4 Å². The van der Waals surface area contributed by atoms with Gasteiger partial charge in [0.2, 0.25) is 5.91 Å². The molecule has 2 aliphatic rings. The number of hydrogen-bond donors (Lipinski definition) is 0. The molecule has 8 nitrogen and oxygen atoms in total. The van der Waals surface area contributed by atoms with Gasteiger partial charge in [-0.3, -0.25) is 4.79 Å². The number of rotatable bonds is 6. The molecule has 0 spiro atoms. The summed E-state index contributed by atoms with van der Waals surface area (Å²) in [6, 6.07) is 17.1. The van der Waals surface area contributed by atoms with Crippen LogP contribution in [0, 0.1) is 17.6 Å². The Morgan fingerprint density at radius 3 is 2.55 bits per heavy atom. The predicted molar refractivity (Wildman–Crippen MR) is 146 cm³/mol. The maximum Gasteiger partial charge on any atom is 0.409 e. The molecule has 0 radical (unpaired) electrons. The van der Waals surface area contributed by atoms with Crippen LogP contribution in [0.4, 0.5) is 19.4 Å². The van der Waals surface area contributed by atoms with Gasteiger partial charge < -0.3 is 19.4 Å². The first-order chi connectivity index (χ1) is 19.4. The molecule has 3 unspecified atom stereocenters. The molecule has 2 saturated heterocycles. The first-order valence-electron chi connectivity index (χ1n) is 13.6. The molecule has 10 heteroatoms. The van der Waals surface area contributed by atoms with Crippen molar-refractivity contribution in [3.05, 3.63) is 89.6 Å². The van der Waals surface area contributed by atoms with Gasteiger partial charge in [-0.05, 0) is 48.6 Å². The summed E-state index contributed by atoms with van der Waals surface area (Å²) >= 11 is 0. The van der Waals surface area contributed by atoms with Crippen LogP contribution in [0.2, 0.25) is 0 Å². The van der Waals surface area contributed by atoms with Gasteiger partial charge in [-0.25, -0.2) is 13.6 Å². The zero-order valence-corrected chi connectivity index (χ0v) is 22.5. The lowest BCUT2D eigenvalue weighted by atomic mass is 9.87. The second kappa shape index (κ2) is 12.4. The molecule has 40 heavy (non-hydrogen) atoms. The van der Waals surface area contributed by atoms with Crippen LogP contribution in [-0.2, 0) is 16.0 Å². The summed E-state index contributed by atoms with van der Waals surface area (Å²) in [7, 11) is 1.37. The van der Waals surface area contributed by atoms with E-state index in [-0.39, 0.29) is 11.9 Å². The first kappa shape index (κ1) is 27.5. The zero-order valence-electron chi connectivity index (χ0n) is 22.5. The number of carbonyl (C=O) groups is 2. The number of carbonyl (C=O) groups excluding carboxylic acids is 2. The van der Waals surface area contributed by atoms with Gasteiger partial charge >= 0.3 is 6.09 Å². The van der Waals surface area contributed by atoms with Gasteiger partial charge in [0.1, 0.15) is 11.6 Å². The maximum atomic E-state index is 15.0. The van der Waals surface area contributed by atoms with Crippen molar-refractivity contribution in [1.82, 2.24) is 20.0 Å². The van der Waals surface area contributed by atoms with E-state index in [2.05, 4.69) is 22.3 Å². The number of anilines is 1. The predicted octanol–water partition coefficient (Wildman–Crippen LogP) is 4.28. The van der Waals surface area contributed by atoms with Crippen LogP contribution < -0.4 is 4.90 Å². The highest BCUT2D eigenvalue weighted by Gasteiger charge is 2.43. The summed E-state index contributed by atoms with van der Waals surface area (Å²) in [5, 5.41) is 8.13. The largest absolute Gasteiger partial charge is 0.453 e. The third kappa shape index (κ3) is 6.05. The average Bonchev–Trinajstić information content (AvgIpc) is 3.30. The molecule has 0 aliphatic carbocycles. The van der Waals surface area contributed by atoms with E-state index in [0.717, 1.165) is 18.9 Å². The molecule has 2 aromatic carbocycles. The zero-order chi connectivity index (χ0) is 28.1. The third-order valence-electron chi connectivity index (χ3n) is 7.99. The molecule has 1 aromatic heterocycles. The van der Waals surface area contributed by atoms with E-state index in [1.807, 2.05) is 23.1 Å². The Hall–Kier alpha value is -4.08. The Morgan fingerprint density at radius 2 is 1.82 bits per heavy atom. The second-order valence-electron chi connectivity index (χ2n) is 10.3. The molecular formula is C30H33F2N5O3. The number of hydrogen-bond acceptors (Lipinski definition) is 6. The van der Waals surface area contributed by atoms with Gasteiger partial charge in [-0.2, -0.15) is 5.10 Å². The van der Waals surface area contributed by atoms with Crippen LogP contribution >= 0.6 is 0 Å². The Bertz CT molecular complexity index is 1310. The number of aromatic nitrogens is 2. The monoisotopic (exact) mass is 549 g/mol. The molecule has 2 amide bonds. The number of ether oxygens (including phenoxy) is 1. The van der Waals surface area contributed by atoms with Crippen molar-refractivity contribution in [2.45, 2.75) is 31.2 Å². The smallest absolute Gasteiger partial charge is 0.409 e. The molecule has 3 heterocycles. The molecular weight excluding hydrogens is 516 g/mol. The highest BCUT2D eigenvalue weighted by molar-refractivity contribution is 5.82. The lowest BCUT2D eigenvalue weighted by Gasteiger charge is -2.28. The normalized spacial score (nSPS) is 21.3. The summed E-state index contributed by atoms with van der Waals surface area (Å²) < 4.78 is 33.8. The second-order valence-corrected chi connectivity index (χ2v) is 10.3. The van der Waals surface area contributed by atoms with Gasteiger partial charge in [0.25, 0.3) is 0 Å². The lowest BCUT2D eigenvalue weighted by molar-refractivity contribution is -0.135. The van der Waals surface area contributed by atoms with Crippen LogP contribution in [0.1, 0.15) is 29.9 Å². The fourth-order valence-corrected chi connectivity index (χ4v) is 5.89. The van der Waals surface area contributed by atoms with E-state index >= 15 is 0 Å². The Labute approximate surface area is 232 Å². The van der Waals surface area contributed by atoms with E-state index in [1.165, 1.54) is 24.8 Å². The summed E-state index contributed by atoms with van der Waals surface area (Å²) in [6.45, 7) is 1.82. The van der Waals surface area contributed by atoms with Crippen molar-refractivity contribution < 1.29 is 23.1 Å². The average molecular weight is 550 g/mol. The van der Waals surface area contributed by atoms with Crippen molar-refractivity contribution in [2.75, 3.05) is 44.7 Å². The van der Waals surface area contributed by atoms with Crippen LogP contribution in [0.25, 0.3) is 0 Å². The van der Waals surface area contributed by atoms with Crippen molar-refractivity contribution in [1.29, 1.82) is 0 Å². The third-order valence-corrected chi connectivity index (χ3v) is 7.99. The molecule has 2 fully saturated rings. The van der Waals surface area contributed by atoms with E-state index in [1.54, 1.807) is 28.1 Å². The Balaban J connectivity index is 1.36. The minimum Gasteiger partial charge on any atom is -0.453 e. The fourth-order valence-electron chi connectivity index (χ4n) is 5.89. The summed E-state index contributed by atoms with van der Waals surface area (Å²) in [6.07, 6.45) is 3.30. The van der Waals surface area contributed by atoms with Crippen LogP contribution in [0.15, 0.2) is 66.9 Å².